The highest BCUT2D eigenvalue weighted by molar-refractivity contribution is 5.74. The van der Waals surface area contributed by atoms with E-state index in [1.165, 1.54) is 5.56 Å². The average Bonchev–Trinajstić information content (AvgIpc) is 3.03. The van der Waals surface area contributed by atoms with Crippen LogP contribution in [0.1, 0.15) is 35.8 Å². The summed E-state index contributed by atoms with van der Waals surface area (Å²) in [7, 11) is 0. The van der Waals surface area contributed by atoms with Gasteiger partial charge in [0.1, 0.15) is 5.82 Å². The monoisotopic (exact) mass is 321 g/mol. The van der Waals surface area contributed by atoms with Crippen LogP contribution < -0.4 is 11.5 Å². The van der Waals surface area contributed by atoms with Crippen LogP contribution >= 0.6 is 0 Å². The second-order valence-corrected chi connectivity index (χ2v) is 6.81. The highest BCUT2D eigenvalue weighted by Gasteiger charge is 2.39. The van der Waals surface area contributed by atoms with E-state index in [0.717, 1.165) is 41.8 Å². The molecule has 0 saturated carbocycles. The summed E-state index contributed by atoms with van der Waals surface area (Å²) in [4.78, 5) is 12.7. The van der Waals surface area contributed by atoms with E-state index in [4.69, 9.17) is 11.5 Å². The quantitative estimate of drug-likeness (QED) is 0.687. The molecule has 0 bridgehead atoms. The van der Waals surface area contributed by atoms with Crippen molar-refractivity contribution in [3.63, 3.8) is 0 Å². The van der Waals surface area contributed by atoms with Crippen LogP contribution in [0.15, 0.2) is 42.6 Å². The molecule has 0 fully saturated rings. The topological polar surface area (TPSA) is 93.6 Å². The summed E-state index contributed by atoms with van der Waals surface area (Å²) in [6.07, 6.45) is 5.71. The SMILES string of the molecule is NCC(N)(Cc1nc2ccccc2[nH]1)C1CCCc2cccnc21. The molecule has 0 saturated heterocycles. The zero-order valence-electron chi connectivity index (χ0n) is 13.7. The maximum absolute atomic E-state index is 6.82. The number of rotatable bonds is 4. The molecular formula is C19H23N5. The summed E-state index contributed by atoms with van der Waals surface area (Å²) in [5.41, 5.74) is 16.8. The van der Waals surface area contributed by atoms with Crippen LogP contribution in [0.25, 0.3) is 11.0 Å². The molecule has 5 nitrogen and oxygen atoms in total. The Bertz CT molecular complexity index is 823. The minimum Gasteiger partial charge on any atom is -0.342 e. The number of aromatic nitrogens is 3. The van der Waals surface area contributed by atoms with Crippen molar-refractivity contribution in [1.29, 1.82) is 0 Å². The lowest BCUT2D eigenvalue weighted by Crippen LogP contribution is -2.55. The predicted molar refractivity (Wildman–Crippen MR) is 95.7 cm³/mol. The van der Waals surface area contributed by atoms with Crippen LogP contribution in [-0.2, 0) is 12.8 Å². The van der Waals surface area contributed by atoms with E-state index in [1.807, 2.05) is 36.5 Å². The first-order chi connectivity index (χ1) is 11.7. The van der Waals surface area contributed by atoms with Gasteiger partial charge < -0.3 is 16.5 Å². The molecule has 2 aromatic heterocycles. The molecule has 4 rings (SSSR count). The van der Waals surface area contributed by atoms with Gasteiger partial charge in [0.25, 0.3) is 0 Å². The normalized spacial score (nSPS) is 19.8. The van der Waals surface area contributed by atoms with E-state index in [0.29, 0.717) is 13.0 Å². The Labute approximate surface area is 141 Å². The van der Waals surface area contributed by atoms with E-state index in [2.05, 4.69) is 21.0 Å². The van der Waals surface area contributed by atoms with E-state index in [9.17, 15) is 0 Å². The maximum Gasteiger partial charge on any atom is 0.109 e. The number of aromatic amines is 1. The van der Waals surface area contributed by atoms with Gasteiger partial charge in [0.15, 0.2) is 0 Å². The number of nitrogens with two attached hydrogens (primary N) is 2. The van der Waals surface area contributed by atoms with Gasteiger partial charge in [-0.25, -0.2) is 4.98 Å². The number of nitrogens with one attached hydrogen (secondary N) is 1. The predicted octanol–water partition coefficient (Wildman–Crippen LogP) is 2.28. The standard InChI is InChI=1S/C19H23N5/c20-12-19(21,11-17-23-15-8-1-2-9-16(15)24-17)14-7-3-5-13-6-4-10-22-18(13)14/h1-2,4,6,8-10,14H,3,5,7,11-12,20-21H2,(H,23,24). The van der Waals surface area contributed by atoms with Gasteiger partial charge in [-0.15, -0.1) is 0 Å². The van der Waals surface area contributed by atoms with Crippen LogP contribution in [0.3, 0.4) is 0 Å². The number of para-hydroxylation sites is 2. The number of fused-ring (bicyclic) bond motifs is 2. The van der Waals surface area contributed by atoms with Crippen LogP contribution in [0.2, 0.25) is 0 Å². The fourth-order valence-electron chi connectivity index (χ4n) is 3.91. The van der Waals surface area contributed by atoms with Crippen molar-refractivity contribution in [2.45, 2.75) is 37.1 Å². The summed E-state index contributed by atoms with van der Waals surface area (Å²) in [6, 6.07) is 12.2. The Balaban J connectivity index is 1.69. The van der Waals surface area contributed by atoms with E-state index < -0.39 is 5.54 Å². The summed E-state index contributed by atoms with van der Waals surface area (Å²) >= 11 is 0. The molecule has 3 aromatic rings. The van der Waals surface area contributed by atoms with Gasteiger partial charge in [-0.1, -0.05) is 18.2 Å². The van der Waals surface area contributed by atoms with Crippen LogP contribution in [0.5, 0.6) is 0 Å². The lowest BCUT2D eigenvalue weighted by Gasteiger charge is -2.39. The molecule has 0 radical (unpaired) electrons. The third-order valence-corrected chi connectivity index (χ3v) is 5.20. The Morgan fingerprint density at radius 1 is 1.21 bits per heavy atom. The minimum atomic E-state index is -0.544. The van der Waals surface area contributed by atoms with Gasteiger partial charge >= 0.3 is 0 Å². The molecule has 124 valence electrons. The molecule has 1 aliphatic rings. The molecule has 5 heteroatoms. The molecule has 0 spiro atoms. The van der Waals surface area contributed by atoms with Crippen molar-refractivity contribution in [2.75, 3.05) is 6.54 Å². The summed E-state index contributed by atoms with van der Waals surface area (Å²) in [5, 5.41) is 0. The van der Waals surface area contributed by atoms with Crippen LogP contribution in [0, 0.1) is 0 Å². The first kappa shape index (κ1) is 15.3. The van der Waals surface area contributed by atoms with Crippen molar-refractivity contribution in [2.24, 2.45) is 11.5 Å². The molecule has 0 aliphatic heterocycles. The number of imidazole rings is 1. The lowest BCUT2D eigenvalue weighted by molar-refractivity contribution is 0.308. The van der Waals surface area contributed by atoms with Gasteiger partial charge in [-0.3, -0.25) is 4.98 Å². The molecule has 1 aromatic carbocycles. The Morgan fingerprint density at radius 2 is 2.08 bits per heavy atom. The number of benzene rings is 1. The third-order valence-electron chi connectivity index (χ3n) is 5.20. The Morgan fingerprint density at radius 3 is 2.92 bits per heavy atom. The molecular weight excluding hydrogens is 298 g/mol. The van der Waals surface area contributed by atoms with E-state index in [-0.39, 0.29) is 5.92 Å². The molecule has 1 aliphatic carbocycles. The number of aryl methyl sites for hydroxylation is 1. The van der Waals surface area contributed by atoms with Gasteiger partial charge in [-0.2, -0.15) is 0 Å². The maximum atomic E-state index is 6.82. The molecule has 0 amide bonds. The van der Waals surface area contributed by atoms with E-state index in [1.54, 1.807) is 0 Å². The summed E-state index contributed by atoms with van der Waals surface area (Å²) in [6.45, 7) is 0.407. The second kappa shape index (κ2) is 6.00. The van der Waals surface area contributed by atoms with Crippen molar-refractivity contribution in [3.8, 4) is 0 Å². The van der Waals surface area contributed by atoms with Crippen LogP contribution in [0.4, 0.5) is 0 Å². The highest BCUT2D eigenvalue weighted by Crippen LogP contribution is 2.37. The zero-order chi connectivity index (χ0) is 16.6. The Kier molecular flexibility index (Phi) is 3.82. The second-order valence-electron chi connectivity index (χ2n) is 6.81. The first-order valence-electron chi connectivity index (χ1n) is 8.56. The van der Waals surface area contributed by atoms with Crippen molar-refractivity contribution in [1.82, 2.24) is 15.0 Å². The highest BCUT2D eigenvalue weighted by atomic mass is 14.9. The van der Waals surface area contributed by atoms with Gasteiger partial charge in [0, 0.05) is 36.3 Å². The third kappa shape index (κ3) is 2.60. The van der Waals surface area contributed by atoms with Crippen molar-refractivity contribution in [3.05, 3.63) is 59.7 Å². The zero-order valence-corrected chi connectivity index (χ0v) is 13.7. The minimum absolute atomic E-state index is 0.167. The molecule has 5 N–H and O–H groups in total. The van der Waals surface area contributed by atoms with Gasteiger partial charge in [-0.05, 0) is 43.0 Å². The van der Waals surface area contributed by atoms with Crippen LogP contribution in [-0.4, -0.2) is 27.0 Å². The fraction of sp³-hybridized carbons (Fsp3) is 0.368. The summed E-state index contributed by atoms with van der Waals surface area (Å²) < 4.78 is 0. The Hall–Kier alpha value is -2.24. The van der Waals surface area contributed by atoms with Crippen molar-refractivity contribution < 1.29 is 0 Å². The van der Waals surface area contributed by atoms with Gasteiger partial charge in [0.2, 0.25) is 0 Å². The average molecular weight is 321 g/mol. The number of nitrogens with zero attached hydrogens (tertiary/aromatic N) is 2. The largest absolute Gasteiger partial charge is 0.342 e. The molecule has 2 atom stereocenters. The molecule has 2 unspecified atom stereocenters. The summed E-state index contributed by atoms with van der Waals surface area (Å²) in [5.74, 6) is 1.06. The fourth-order valence-corrected chi connectivity index (χ4v) is 3.91. The number of hydrogen-bond acceptors (Lipinski definition) is 4. The number of pyridine rings is 1. The van der Waals surface area contributed by atoms with Crippen molar-refractivity contribution >= 4 is 11.0 Å². The smallest absolute Gasteiger partial charge is 0.109 e. The molecule has 24 heavy (non-hydrogen) atoms. The van der Waals surface area contributed by atoms with Gasteiger partial charge in [0.05, 0.1) is 11.0 Å². The number of H-pyrrole nitrogens is 1. The first-order valence-corrected chi connectivity index (χ1v) is 8.56. The molecule has 2 heterocycles. The number of hydrogen-bond donors (Lipinski definition) is 3. The lowest BCUT2D eigenvalue weighted by atomic mass is 9.72. The van der Waals surface area contributed by atoms with E-state index >= 15 is 0 Å².